The Kier molecular flexibility index (Phi) is 11.7. The molecule has 0 saturated carbocycles. The van der Waals surface area contributed by atoms with Gasteiger partial charge in [0.2, 0.25) is 23.6 Å². The van der Waals surface area contributed by atoms with Crippen LogP contribution in [-0.4, -0.2) is 70.5 Å². The maximum Gasteiger partial charge on any atom is 0.326 e. The molecule has 186 valence electrons. The number of primary amides is 1. The molecular weight excluding hydrogens is 450 g/mol. The van der Waals surface area contributed by atoms with Crippen molar-refractivity contribution in [2.75, 3.05) is 6.54 Å². The van der Waals surface area contributed by atoms with E-state index in [9.17, 15) is 33.9 Å². The quantitative estimate of drug-likeness (QED) is 0.145. The molecule has 1 aromatic carbocycles. The van der Waals surface area contributed by atoms with E-state index in [-0.39, 0.29) is 25.7 Å². The number of carboxylic acids is 2. The molecule has 4 amide bonds. The fourth-order valence-corrected chi connectivity index (χ4v) is 2.94. The predicted octanol–water partition coefficient (Wildman–Crippen LogP) is -2.14. The van der Waals surface area contributed by atoms with Gasteiger partial charge in [0.25, 0.3) is 0 Å². The van der Waals surface area contributed by atoms with Crippen LogP contribution in [0.15, 0.2) is 30.3 Å². The Labute approximate surface area is 195 Å². The van der Waals surface area contributed by atoms with Gasteiger partial charge in [-0.15, -0.1) is 0 Å². The summed E-state index contributed by atoms with van der Waals surface area (Å²) in [5.74, 6) is -5.73. The van der Waals surface area contributed by atoms with Gasteiger partial charge < -0.3 is 37.6 Å². The van der Waals surface area contributed by atoms with Crippen molar-refractivity contribution in [3.63, 3.8) is 0 Å². The third kappa shape index (κ3) is 10.5. The zero-order valence-corrected chi connectivity index (χ0v) is 18.4. The highest BCUT2D eigenvalue weighted by molar-refractivity contribution is 5.94. The van der Waals surface area contributed by atoms with Crippen molar-refractivity contribution in [1.29, 1.82) is 0 Å². The van der Waals surface area contributed by atoms with Crippen LogP contribution in [0.4, 0.5) is 0 Å². The number of carbonyl (C=O) groups excluding carboxylic acids is 4. The Bertz CT molecular complexity index is 892. The van der Waals surface area contributed by atoms with Gasteiger partial charge in [-0.2, -0.15) is 0 Å². The number of carbonyl (C=O) groups is 6. The van der Waals surface area contributed by atoms with E-state index >= 15 is 0 Å². The molecule has 13 heteroatoms. The second-order valence-electron chi connectivity index (χ2n) is 7.41. The standard InChI is InChI=1S/C21H29N5O8/c22-11-17(28)24-13(6-8-16(23)27)19(31)26-15(10-12-4-2-1-3-5-12)20(32)25-14(21(33)34)7-9-18(29)30/h1-5,13-15H,6-11,22H2,(H2,23,27)(H,24,28)(H,25,32)(H,26,31)(H,29,30)(H,33,34). The van der Waals surface area contributed by atoms with Crippen LogP contribution in [0.25, 0.3) is 0 Å². The van der Waals surface area contributed by atoms with Crippen LogP contribution >= 0.6 is 0 Å². The number of amides is 4. The minimum Gasteiger partial charge on any atom is -0.481 e. The molecule has 0 heterocycles. The van der Waals surface area contributed by atoms with Crippen molar-refractivity contribution in [1.82, 2.24) is 16.0 Å². The third-order valence-electron chi connectivity index (χ3n) is 4.69. The van der Waals surface area contributed by atoms with Crippen LogP contribution in [0, 0.1) is 0 Å². The molecule has 0 bridgehead atoms. The summed E-state index contributed by atoms with van der Waals surface area (Å²) in [6.45, 7) is -0.419. The summed E-state index contributed by atoms with van der Waals surface area (Å²) in [5, 5.41) is 25.2. The molecule has 0 aliphatic rings. The number of hydrogen-bond acceptors (Lipinski definition) is 7. The second kappa shape index (κ2) is 14.2. The number of nitrogens with one attached hydrogen (secondary N) is 3. The summed E-state index contributed by atoms with van der Waals surface area (Å²) < 4.78 is 0. The maximum atomic E-state index is 12.9. The topological polar surface area (TPSA) is 231 Å². The molecule has 0 aliphatic carbocycles. The van der Waals surface area contributed by atoms with Gasteiger partial charge in [-0.3, -0.25) is 24.0 Å². The molecule has 1 aromatic rings. The zero-order valence-electron chi connectivity index (χ0n) is 18.4. The third-order valence-corrected chi connectivity index (χ3v) is 4.69. The highest BCUT2D eigenvalue weighted by Gasteiger charge is 2.30. The first-order valence-corrected chi connectivity index (χ1v) is 10.4. The lowest BCUT2D eigenvalue weighted by Crippen LogP contribution is -2.57. The molecule has 3 unspecified atom stereocenters. The van der Waals surface area contributed by atoms with Crippen molar-refractivity contribution < 1.29 is 39.0 Å². The van der Waals surface area contributed by atoms with Gasteiger partial charge in [0, 0.05) is 19.3 Å². The van der Waals surface area contributed by atoms with Crippen LogP contribution in [0.3, 0.4) is 0 Å². The van der Waals surface area contributed by atoms with E-state index in [4.69, 9.17) is 16.6 Å². The second-order valence-corrected chi connectivity index (χ2v) is 7.41. The molecule has 13 nitrogen and oxygen atoms in total. The van der Waals surface area contributed by atoms with Gasteiger partial charge in [0.05, 0.1) is 6.54 Å². The minimum atomic E-state index is -1.50. The summed E-state index contributed by atoms with van der Waals surface area (Å²) >= 11 is 0. The van der Waals surface area contributed by atoms with Crippen LogP contribution in [0.5, 0.6) is 0 Å². The average Bonchev–Trinajstić information content (AvgIpc) is 2.78. The molecule has 0 fully saturated rings. The first-order chi connectivity index (χ1) is 16.0. The number of nitrogens with two attached hydrogens (primary N) is 2. The average molecular weight is 479 g/mol. The number of benzene rings is 1. The fraction of sp³-hybridized carbons (Fsp3) is 0.429. The molecule has 1 rings (SSSR count). The highest BCUT2D eigenvalue weighted by Crippen LogP contribution is 2.07. The molecular formula is C21H29N5O8. The SMILES string of the molecule is NCC(=O)NC(CCC(N)=O)C(=O)NC(Cc1ccccc1)C(=O)NC(CCC(=O)O)C(=O)O. The van der Waals surface area contributed by atoms with Crippen molar-refractivity contribution in [3.05, 3.63) is 35.9 Å². The Morgan fingerprint density at radius 1 is 0.794 bits per heavy atom. The van der Waals surface area contributed by atoms with E-state index in [0.29, 0.717) is 5.56 Å². The molecule has 0 aliphatic heterocycles. The molecule has 0 radical (unpaired) electrons. The van der Waals surface area contributed by atoms with Gasteiger partial charge in [0.1, 0.15) is 18.1 Å². The molecule has 0 spiro atoms. The normalized spacial score (nSPS) is 13.1. The van der Waals surface area contributed by atoms with E-state index in [1.807, 2.05) is 0 Å². The number of aliphatic carboxylic acids is 2. The summed E-state index contributed by atoms with van der Waals surface area (Å²) in [7, 11) is 0. The Hall–Kier alpha value is -4.00. The Morgan fingerprint density at radius 3 is 1.88 bits per heavy atom. The first-order valence-electron chi connectivity index (χ1n) is 10.4. The zero-order chi connectivity index (χ0) is 25.7. The summed E-state index contributed by atoms with van der Waals surface area (Å²) in [6, 6.07) is 4.53. The lowest BCUT2D eigenvalue weighted by atomic mass is 10.0. The van der Waals surface area contributed by atoms with Crippen molar-refractivity contribution in [2.45, 2.75) is 50.2 Å². The lowest BCUT2D eigenvalue weighted by molar-refractivity contribution is -0.143. The van der Waals surface area contributed by atoms with Crippen LogP contribution in [0.1, 0.15) is 31.2 Å². The summed E-state index contributed by atoms with van der Waals surface area (Å²) in [6.07, 6.45) is -1.27. The summed E-state index contributed by atoms with van der Waals surface area (Å²) in [4.78, 5) is 70.8. The van der Waals surface area contributed by atoms with E-state index < -0.39 is 66.7 Å². The molecule has 0 saturated heterocycles. The minimum absolute atomic E-state index is 0.0307. The number of rotatable bonds is 15. The fourth-order valence-electron chi connectivity index (χ4n) is 2.94. The van der Waals surface area contributed by atoms with Gasteiger partial charge in [-0.25, -0.2) is 4.79 Å². The van der Waals surface area contributed by atoms with Crippen molar-refractivity contribution in [2.24, 2.45) is 11.5 Å². The van der Waals surface area contributed by atoms with E-state index in [2.05, 4.69) is 16.0 Å². The van der Waals surface area contributed by atoms with Gasteiger partial charge >= 0.3 is 11.9 Å². The van der Waals surface area contributed by atoms with E-state index in [1.165, 1.54) is 0 Å². The van der Waals surface area contributed by atoms with Gasteiger partial charge in [-0.05, 0) is 18.4 Å². The van der Waals surface area contributed by atoms with E-state index in [1.54, 1.807) is 30.3 Å². The number of hydrogen-bond donors (Lipinski definition) is 7. The monoisotopic (exact) mass is 479 g/mol. The van der Waals surface area contributed by atoms with Gasteiger partial charge in [0.15, 0.2) is 0 Å². The Balaban J connectivity index is 3.08. The first kappa shape index (κ1) is 28.0. The highest BCUT2D eigenvalue weighted by atomic mass is 16.4. The Morgan fingerprint density at radius 2 is 1.35 bits per heavy atom. The molecule has 0 aromatic heterocycles. The maximum absolute atomic E-state index is 12.9. The summed E-state index contributed by atoms with van der Waals surface area (Å²) in [5.41, 5.74) is 11.0. The molecule has 34 heavy (non-hydrogen) atoms. The van der Waals surface area contributed by atoms with E-state index in [0.717, 1.165) is 0 Å². The van der Waals surface area contributed by atoms with Crippen molar-refractivity contribution in [3.8, 4) is 0 Å². The number of carboxylic acid groups (broad SMARTS) is 2. The van der Waals surface area contributed by atoms with Gasteiger partial charge in [-0.1, -0.05) is 30.3 Å². The van der Waals surface area contributed by atoms with Crippen LogP contribution < -0.4 is 27.4 Å². The molecule has 9 N–H and O–H groups in total. The predicted molar refractivity (Wildman–Crippen MR) is 118 cm³/mol. The van der Waals surface area contributed by atoms with Crippen LogP contribution in [0.2, 0.25) is 0 Å². The lowest BCUT2D eigenvalue weighted by Gasteiger charge is -2.24. The largest absolute Gasteiger partial charge is 0.481 e. The van der Waals surface area contributed by atoms with Crippen molar-refractivity contribution >= 4 is 35.6 Å². The van der Waals surface area contributed by atoms with Crippen LogP contribution in [-0.2, 0) is 35.2 Å². The molecule has 3 atom stereocenters. The smallest absolute Gasteiger partial charge is 0.326 e.